The van der Waals surface area contributed by atoms with E-state index in [-0.39, 0.29) is 23.6 Å². The van der Waals surface area contributed by atoms with E-state index in [4.69, 9.17) is 10.2 Å². The minimum Gasteiger partial charge on any atom is -0.414 e. The maximum absolute atomic E-state index is 12.1. The van der Waals surface area contributed by atoms with Crippen molar-refractivity contribution in [2.45, 2.75) is 38.5 Å². The molecule has 0 spiro atoms. The minimum atomic E-state index is -0.290. The second kappa shape index (κ2) is 8.12. The first kappa shape index (κ1) is 17.5. The van der Waals surface area contributed by atoms with E-state index in [1.807, 2.05) is 38.1 Å². The lowest BCUT2D eigenvalue weighted by atomic mass is 10.1. The maximum atomic E-state index is 12.1. The molecular weight excluding hydrogens is 312 g/mol. The number of benzene rings is 1. The lowest BCUT2D eigenvalue weighted by Crippen LogP contribution is -2.16. The number of aromatic nitrogens is 2. The molecule has 1 aromatic heterocycles. The van der Waals surface area contributed by atoms with E-state index < -0.39 is 0 Å². The molecule has 2 rings (SSSR count). The third kappa shape index (κ3) is 4.80. The molecule has 0 aliphatic rings. The number of nitrogens with one attached hydrogen (secondary N) is 1. The molecule has 0 saturated heterocycles. The topological polar surface area (TPSA) is 94.0 Å². The molecule has 0 aliphatic heterocycles. The molecule has 1 atom stereocenters. The van der Waals surface area contributed by atoms with Gasteiger partial charge in [-0.3, -0.25) is 4.79 Å². The third-order valence-corrected chi connectivity index (χ3v) is 4.24. The van der Waals surface area contributed by atoms with Crippen molar-refractivity contribution >= 4 is 23.4 Å². The molecule has 0 bridgehead atoms. The summed E-state index contributed by atoms with van der Waals surface area (Å²) in [4.78, 5) is 12.1. The standard InChI is InChI=1S/C16H22N4O2S/c1-4-11-7-5-6-8-12(11)18-13(21)9-23-16-20-19-15(22-16)14(17)10(2)3/h5-8,10,14H,4,9,17H2,1-3H3,(H,18,21)/t14-/m0/s1. The minimum absolute atomic E-state index is 0.108. The quantitative estimate of drug-likeness (QED) is 0.756. The Morgan fingerprint density at radius 2 is 2.09 bits per heavy atom. The van der Waals surface area contributed by atoms with Crippen LogP contribution in [0.4, 0.5) is 5.69 Å². The maximum Gasteiger partial charge on any atom is 0.277 e. The summed E-state index contributed by atoms with van der Waals surface area (Å²) in [5.74, 6) is 0.710. The largest absolute Gasteiger partial charge is 0.414 e. The van der Waals surface area contributed by atoms with Crippen LogP contribution in [-0.2, 0) is 11.2 Å². The molecule has 0 aliphatic carbocycles. The summed E-state index contributed by atoms with van der Waals surface area (Å²) in [6.07, 6.45) is 0.865. The van der Waals surface area contributed by atoms with Crippen molar-refractivity contribution in [1.82, 2.24) is 10.2 Å². The van der Waals surface area contributed by atoms with Gasteiger partial charge in [-0.25, -0.2) is 0 Å². The molecule has 1 aromatic carbocycles. The van der Waals surface area contributed by atoms with Crippen LogP contribution in [0.1, 0.15) is 38.3 Å². The van der Waals surface area contributed by atoms with Gasteiger partial charge in [0.05, 0.1) is 11.8 Å². The highest BCUT2D eigenvalue weighted by Crippen LogP contribution is 2.23. The Labute approximate surface area is 140 Å². The lowest BCUT2D eigenvalue weighted by Gasteiger charge is -2.09. The van der Waals surface area contributed by atoms with Gasteiger partial charge in [-0.05, 0) is 24.0 Å². The first-order valence-corrected chi connectivity index (χ1v) is 8.59. The highest BCUT2D eigenvalue weighted by molar-refractivity contribution is 7.99. The number of aryl methyl sites for hydroxylation is 1. The zero-order valence-corrected chi connectivity index (χ0v) is 14.4. The van der Waals surface area contributed by atoms with Gasteiger partial charge in [0.2, 0.25) is 11.8 Å². The van der Waals surface area contributed by atoms with Crippen LogP contribution in [0.5, 0.6) is 0 Å². The van der Waals surface area contributed by atoms with Gasteiger partial charge in [-0.15, -0.1) is 10.2 Å². The fraction of sp³-hybridized carbons (Fsp3) is 0.438. The molecule has 1 heterocycles. The molecule has 7 heteroatoms. The Balaban J connectivity index is 1.90. The monoisotopic (exact) mass is 334 g/mol. The zero-order valence-electron chi connectivity index (χ0n) is 13.6. The van der Waals surface area contributed by atoms with Gasteiger partial charge in [-0.1, -0.05) is 50.7 Å². The van der Waals surface area contributed by atoms with E-state index in [0.29, 0.717) is 11.1 Å². The van der Waals surface area contributed by atoms with Crippen molar-refractivity contribution in [3.63, 3.8) is 0 Å². The summed E-state index contributed by atoms with van der Waals surface area (Å²) < 4.78 is 5.49. The van der Waals surface area contributed by atoms with Crippen molar-refractivity contribution in [1.29, 1.82) is 0 Å². The van der Waals surface area contributed by atoms with E-state index in [0.717, 1.165) is 17.7 Å². The predicted octanol–water partition coefficient (Wildman–Crippen LogP) is 3.02. The van der Waals surface area contributed by atoms with Crippen molar-refractivity contribution in [2.75, 3.05) is 11.1 Å². The van der Waals surface area contributed by atoms with Gasteiger partial charge in [0.1, 0.15) is 0 Å². The van der Waals surface area contributed by atoms with Crippen LogP contribution in [0.15, 0.2) is 33.9 Å². The van der Waals surface area contributed by atoms with E-state index >= 15 is 0 Å². The number of thioether (sulfide) groups is 1. The van der Waals surface area contributed by atoms with Crippen LogP contribution in [0.3, 0.4) is 0 Å². The second-order valence-electron chi connectivity index (χ2n) is 5.52. The first-order valence-electron chi connectivity index (χ1n) is 7.60. The van der Waals surface area contributed by atoms with Crippen molar-refractivity contribution < 1.29 is 9.21 Å². The SMILES string of the molecule is CCc1ccccc1NC(=O)CSc1nnc([C@@H](N)C(C)C)o1. The normalized spacial score (nSPS) is 12.4. The number of amides is 1. The summed E-state index contributed by atoms with van der Waals surface area (Å²) in [6.45, 7) is 6.03. The van der Waals surface area contributed by atoms with Crippen LogP contribution in [0.2, 0.25) is 0 Å². The fourth-order valence-electron chi connectivity index (χ4n) is 1.96. The Hall–Kier alpha value is -1.86. The number of hydrogen-bond acceptors (Lipinski definition) is 6. The van der Waals surface area contributed by atoms with Gasteiger partial charge in [-0.2, -0.15) is 0 Å². The molecule has 0 unspecified atom stereocenters. The number of rotatable bonds is 7. The first-order chi connectivity index (χ1) is 11.0. The molecule has 2 aromatic rings. The Morgan fingerprint density at radius 3 is 2.78 bits per heavy atom. The molecule has 1 amide bonds. The van der Waals surface area contributed by atoms with Crippen molar-refractivity contribution in [3.8, 4) is 0 Å². The number of carbonyl (C=O) groups is 1. The smallest absolute Gasteiger partial charge is 0.277 e. The third-order valence-electron chi connectivity index (χ3n) is 3.42. The Morgan fingerprint density at radius 1 is 1.35 bits per heavy atom. The highest BCUT2D eigenvalue weighted by atomic mass is 32.2. The van der Waals surface area contributed by atoms with Crippen LogP contribution >= 0.6 is 11.8 Å². The molecule has 0 fully saturated rings. The van der Waals surface area contributed by atoms with Crippen molar-refractivity contribution in [3.05, 3.63) is 35.7 Å². The van der Waals surface area contributed by atoms with E-state index in [2.05, 4.69) is 22.4 Å². The number of hydrogen-bond donors (Lipinski definition) is 2. The van der Waals surface area contributed by atoms with E-state index in [1.165, 1.54) is 11.8 Å². The summed E-state index contributed by atoms with van der Waals surface area (Å²) in [7, 11) is 0. The Bertz CT molecular complexity index is 657. The summed E-state index contributed by atoms with van der Waals surface area (Å²) in [6, 6.07) is 7.47. The molecule has 0 saturated carbocycles. The molecule has 3 N–H and O–H groups in total. The van der Waals surface area contributed by atoms with Gasteiger partial charge >= 0.3 is 0 Å². The molecule has 0 radical (unpaired) electrons. The zero-order chi connectivity index (χ0) is 16.8. The average molecular weight is 334 g/mol. The van der Waals surface area contributed by atoms with E-state index in [1.54, 1.807) is 0 Å². The van der Waals surface area contributed by atoms with Crippen LogP contribution in [-0.4, -0.2) is 21.9 Å². The van der Waals surface area contributed by atoms with Crippen molar-refractivity contribution in [2.24, 2.45) is 11.7 Å². The lowest BCUT2D eigenvalue weighted by molar-refractivity contribution is -0.113. The van der Waals surface area contributed by atoms with Crippen LogP contribution in [0, 0.1) is 5.92 Å². The molecule has 6 nitrogen and oxygen atoms in total. The summed E-state index contributed by atoms with van der Waals surface area (Å²) >= 11 is 1.20. The fourth-order valence-corrected chi connectivity index (χ4v) is 2.53. The second-order valence-corrected chi connectivity index (χ2v) is 6.45. The van der Waals surface area contributed by atoms with Gasteiger partial charge in [0, 0.05) is 5.69 Å². The molecule has 23 heavy (non-hydrogen) atoms. The predicted molar refractivity (Wildman–Crippen MR) is 91.2 cm³/mol. The number of para-hydroxylation sites is 1. The summed E-state index contributed by atoms with van der Waals surface area (Å²) in [5, 5.41) is 11.1. The average Bonchev–Trinajstić information content (AvgIpc) is 3.01. The van der Waals surface area contributed by atoms with Crippen LogP contribution < -0.4 is 11.1 Å². The van der Waals surface area contributed by atoms with Gasteiger partial charge in [0.15, 0.2) is 0 Å². The van der Waals surface area contributed by atoms with Gasteiger partial charge in [0.25, 0.3) is 5.22 Å². The number of carbonyl (C=O) groups excluding carboxylic acids is 1. The number of nitrogens with two attached hydrogens (primary N) is 1. The summed E-state index contributed by atoms with van der Waals surface area (Å²) in [5.41, 5.74) is 7.90. The number of nitrogens with zero attached hydrogens (tertiary/aromatic N) is 2. The van der Waals surface area contributed by atoms with Crippen LogP contribution in [0.25, 0.3) is 0 Å². The van der Waals surface area contributed by atoms with Gasteiger partial charge < -0.3 is 15.5 Å². The Kier molecular flexibility index (Phi) is 6.18. The van der Waals surface area contributed by atoms with E-state index in [9.17, 15) is 4.79 Å². The highest BCUT2D eigenvalue weighted by Gasteiger charge is 2.18. The molecule has 124 valence electrons. The molecular formula is C16H22N4O2S. The number of anilines is 1.